The van der Waals surface area contributed by atoms with Crippen molar-refractivity contribution in [2.75, 3.05) is 11.1 Å². The number of phenols is 1. The summed E-state index contributed by atoms with van der Waals surface area (Å²) in [5.41, 5.74) is 0.176. The first kappa shape index (κ1) is 12.8. The summed E-state index contributed by atoms with van der Waals surface area (Å²) < 4.78 is 0. The van der Waals surface area contributed by atoms with Crippen LogP contribution in [0.15, 0.2) is 18.2 Å². The molecule has 1 heterocycles. The zero-order valence-corrected chi connectivity index (χ0v) is 10.4. The number of hydrogen-bond donors (Lipinski definition) is 3. The lowest BCUT2D eigenvalue weighted by molar-refractivity contribution is -0.115. The lowest BCUT2D eigenvalue weighted by atomic mass is 10.1. The summed E-state index contributed by atoms with van der Waals surface area (Å²) in [6.07, 6.45) is 1.82. The maximum Gasteiger partial charge on any atom is 0.335 e. The number of carbonyl (C=O) groups is 2. The van der Waals surface area contributed by atoms with Gasteiger partial charge in [-0.25, -0.2) is 4.79 Å². The molecule has 96 valence electrons. The standard InChI is InChI=1S/C12H13NO4S/c14-9-4-3-7(12(16)17)6-8(9)13-11(15)10-2-1-5-18-10/h3-4,6,10,14H,1-2,5H2,(H,13,15)(H,16,17). The van der Waals surface area contributed by atoms with E-state index < -0.39 is 5.97 Å². The molecule has 1 aromatic carbocycles. The molecule has 1 amide bonds. The van der Waals surface area contributed by atoms with Gasteiger partial charge in [0.05, 0.1) is 16.5 Å². The predicted octanol–water partition coefficient (Wildman–Crippen LogP) is 1.92. The third-order valence-corrected chi connectivity index (χ3v) is 4.10. The minimum Gasteiger partial charge on any atom is -0.506 e. The van der Waals surface area contributed by atoms with Crippen molar-refractivity contribution in [3.8, 4) is 5.75 Å². The summed E-state index contributed by atoms with van der Waals surface area (Å²) in [6, 6.07) is 3.81. The fraction of sp³-hybridized carbons (Fsp3) is 0.333. The molecule has 2 rings (SSSR count). The second-order valence-electron chi connectivity index (χ2n) is 4.03. The minimum absolute atomic E-state index is 0.0298. The van der Waals surface area contributed by atoms with Gasteiger partial charge in [-0.05, 0) is 36.8 Å². The Morgan fingerprint density at radius 3 is 2.78 bits per heavy atom. The van der Waals surface area contributed by atoms with Crippen molar-refractivity contribution >= 4 is 29.3 Å². The number of aromatic hydroxyl groups is 1. The molecule has 1 atom stereocenters. The highest BCUT2D eigenvalue weighted by Crippen LogP contribution is 2.29. The fourth-order valence-electron chi connectivity index (χ4n) is 1.77. The fourth-order valence-corrected chi connectivity index (χ4v) is 2.93. The van der Waals surface area contributed by atoms with Crippen molar-refractivity contribution < 1.29 is 19.8 Å². The smallest absolute Gasteiger partial charge is 0.335 e. The summed E-state index contributed by atoms with van der Waals surface area (Å²) in [5.74, 6) is -0.452. The molecule has 0 radical (unpaired) electrons. The SMILES string of the molecule is O=C(O)c1ccc(O)c(NC(=O)C2CCCS2)c1. The van der Waals surface area contributed by atoms with Crippen molar-refractivity contribution in [3.63, 3.8) is 0 Å². The largest absolute Gasteiger partial charge is 0.506 e. The number of aromatic carboxylic acids is 1. The van der Waals surface area contributed by atoms with Crippen LogP contribution in [0.4, 0.5) is 5.69 Å². The number of nitrogens with one attached hydrogen (secondary N) is 1. The maximum absolute atomic E-state index is 11.9. The maximum atomic E-state index is 11.9. The molecule has 0 spiro atoms. The van der Waals surface area contributed by atoms with Gasteiger partial charge in [0, 0.05) is 0 Å². The van der Waals surface area contributed by atoms with Gasteiger partial charge in [-0.3, -0.25) is 4.79 Å². The Hall–Kier alpha value is -1.69. The van der Waals surface area contributed by atoms with E-state index in [1.165, 1.54) is 18.2 Å². The Bertz CT molecular complexity index is 483. The summed E-state index contributed by atoms with van der Waals surface area (Å²) in [6.45, 7) is 0. The van der Waals surface area contributed by atoms with Gasteiger partial charge in [0.15, 0.2) is 0 Å². The van der Waals surface area contributed by atoms with E-state index in [0.717, 1.165) is 18.6 Å². The number of hydrogen-bond acceptors (Lipinski definition) is 4. The van der Waals surface area contributed by atoms with E-state index in [2.05, 4.69) is 5.32 Å². The van der Waals surface area contributed by atoms with Gasteiger partial charge in [0.2, 0.25) is 5.91 Å². The van der Waals surface area contributed by atoms with Gasteiger partial charge in [0.25, 0.3) is 0 Å². The van der Waals surface area contributed by atoms with E-state index in [4.69, 9.17) is 5.11 Å². The van der Waals surface area contributed by atoms with Crippen LogP contribution in [-0.2, 0) is 4.79 Å². The topological polar surface area (TPSA) is 86.6 Å². The third-order valence-electron chi connectivity index (χ3n) is 2.72. The van der Waals surface area contributed by atoms with Crippen LogP contribution in [0.1, 0.15) is 23.2 Å². The third kappa shape index (κ3) is 2.76. The first-order valence-electron chi connectivity index (χ1n) is 5.56. The Morgan fingerprint density at radius 2 is 2.17 bits per heavy atom. The Morgan fingerprint density at radius 1 is 1.39 bits per heavy atom. The van der Waals surface area contributed by atoms with Crippen LogP contribution in [0.25, 0.3) is 0 Å². The van der Waals surface area contributed by atoms with Crippen LogP contribution in [0.3, 0.4) is 0 Å². The molecule has 0 saturated carbocycles. The molecule has 0 bridgehead atoms. The highest BCUT2D eigenvalue weighted by molar-refractivity contribution is 8.00. The van der Waals surface area contributed by atoms with Gasteiger partial charge in [-0.15, -0.1) is 11.8 Å². The first-order chi connectivity index (χ1) is 8.58. The summed E-state index contributed by atoms with van der Waals surface area (Å²) >= 11 is 1.58. The zero-order valence-electron chi connectivity index (χ0n) is 9.55. The number of rotatable bonds is 3. The number of phenolic OH excluding ortho intramolecular Hbond substituents is 1. The molecule has 1 aromatic rings. The Kier molecular flexibility index (Phi) is 3.76. The van der Waals surface area contributed by atoms with Gasteiger partial charge < -0.3 is 15.5 Å². The highest BCUT2D eigenvalue weighted by atomic mass is 32.2. The van der Waals surface area contributed by atoms with Crippen LogP contribution < -0.4 is 5.32 Å². The average Bonchev–Trinajstić information content (AvgIpc) is 2.85. The van der Waals surface area contributed by atoms with Gasteiger partial charge in [-0.2, -0.15) is 0 Å². The van der Waals surface area contributed by atoms with E-state index in [1.807, 2.05) is 0 Å². The predicted molar refractivity (Wildman–Crippen MR) is 69.2 cm³/mol. The molecular weight excluding hydrogens is 254 g/mol. The Labute approximate surface area is 108 Å². The lowest BCUT2D eigenvalue weighted by Crippen LogP contribution is -2.23. The Balaban J connectivity index is 2.14. The van der Waals surface area contributed by atoms with E-state index in [9.17, 15) is 14.7 Å². The van der Waals surface area contributed by atoms with Crippen molar-refractivity contribution in [1.29, 1.82) is 0 Å². The number of benzene rings is 1. The van der Waals surface area contributed by atoms with E-state index >= 15 is 0 Å². The van der Waals surface area contributed by atoms with E-state index in [1.54, 1.807) is 11.8 Å². The molecule has 6 heteroatoms. The average molecular weight is 267 g/mol. The summed E-state index contributed by atoms with van der Waals surface area (Å²) in [4.78, 5) is 22.7. The van der Waals surface area contributed by atoms with Crippen molar-refractivity contribution in [3.05, 3.63) is 23.8 Å². The van der Waals surface area contributed by atoms with E-state index in [0.29, 0.717) is 0 Å². The van der Waals surface area contributed by atoms with Crippen molar-refractivity contribution in [2.45, 2.75) is 18.1 Å². The lowest BCUT2D eigenvalue weighted by Gasteiger charge is -2.11. The van der Waals surface area contributed by atoms with Crippen LogP contribution in [0.2, 0.25) is 0 Å². The molecule has 1 fully saturated rings. The molecule has 0 aromatic heterocycles. The van der Waals surface area contributed by atoms with Gasteiger partial charge in [-0.1, -0.05) is 0 Å². The normalized spacial score (nSPS) is 18.6. The molecule has 1 aliphatic rings. The highest BCUT2D eigenvalue weighted by Gasteiger charge is 2.24. The molecule has 1 aliphatic heterocycles. The second kappa shape index (κ2) is 5.30. The summed E-state index contributed by atoms with van der Waals surface area (Å²) in [7, 11) is 0. The van der Waals surface area contributed by atoms with Crippen molar-refractivity contribution in [2.24, 2.45) is 0 Å². The minimum atomic E-state index is -1.10. The van der Waals surface area contributed by atoms with Crippen LogP contribution in [0, 0.1) is 0 Å². The molecular formula is C12H13NO4S. The van der Waals surface area contributed by atoms with Crippen molar-refractivity contribution in [1.82, 2.24) is 0 Å². The number of thioether (sulfide) groups is 1. The quantitative estimate of drug-likeness (QED) is 0.728. The molecule has 1 unspecified atom stereocenters. The molecule has 5 nitrogen and oxygen atoms in total. The first-order valence-corrected chi connectivity index (χ1v) is 6.61. The molecule has 3 N–H and O–H groups in total. The van der Waals surface area contributed by atoms with E-state index in [-0.39, 0.29) is 28.2 Å². The van der Waals surface area contributed by atoms with Crippen LogP contribution >= 0.6 is 11.8 Å². The number of carbonyl (C=O) groups excluding carboxylic acids is 1. The number of amides is 1. The molecule has 18 heavy (non-hydrogen) atoms. The van der Waals surface area contributed by atoms with Gasteiger partial charge in [0.1, 0.15) is 5.75 Å². The molecule has 0 aliphatic carbocycles. The zero-order chi connectivity index (χ0) is 13.1. The molecule has 1 saturated heterocycles. The van der Waals surface area contributed by atoms with Gasteiger partial charge >= 0.3 is 5.97 Å². The number of carboxylic acid groups (broad SMARTS) is 1. The van der Waals surface area contributed by atoms with Crippen LogP contribution in [0.5, 0.6) is 5.75 Å². The monoisotopic (exact) mass is 267 g/mol. The second-order valence-corrected chi connectivity index (χ2v) is 5.34. The van der Waals surface area contributed by atoms with Crippen LogP contribution in [-0.4, -0.2) is 33.1 Å². The number of anilines is 1. The number of carboxylic acids is 1. The summed E-state index contributed by atoms with van der Waals surface area (Å²) in [5, 5.41) is 20.9.